The smallest absolute Gasteiger partial charge is 0.0471 e. The first-order valence-corrected chi connectivity index (χ1v) is 7.31. The van der Waals surface area contributed by atoms with Gasteiger partial charge in [-0.3, -0.25) is 0 Å². The maximum Gasteiger partial charge on any atom is 0.0471 e. The summed E-state index contributed by atoms with van der Waals surface area (Å²) in [6, 6.07) is 22.1. The first-order valence-electron chi connectivity index (χ1n) is 7.31. The first-order chi connectivity index (χ1) is 10.4. The fourth-order valence-electron chi connectivity index (χ4n) is 4.08. The van der Waals surface area contributed by atoms with Gasteiger partial charge in [-0.05, 0) is 44.5 Å². The molecule has 0 atom stereocenters. The SMILES string of the molecule is c1cc2ccc3[nH]c4ccc5cccc6c(c1)c2c3c4c56. The normalized spacial score (nSPS) is 12.8. The molecule has 6 aromatic rings. The summed E-state index contributed by atoms with van der Waals surface area (Å²) in [6.07, 6.45) is 0. The second kappa shape index (κ2) is 3.09. The Morgan fingerprint density at radius 2 is 1.00 bits per heavy atom. The summed E-state index contributed by atoms with van der Waals surface area (Å²) >= 11 is 0. The molecule has 0 aliphatic carbocycles. The molecule has 0 bridgehead atoms. The molecule has 1 N–H and O–H groups in total. The molecule has 1 heteroatoms. The van der Waals surface area contributed by atoms with E-state index in [9.17, 15) is 0 Å². The largest absolute Gasteiger partial charge is 0.354 e. The molecule has 5 aromatic carbocycles. The number of H-pyrrole nitrogens is 1. The molecule has 1 heterocycles. The summed E-state index contributed by atoms with van der Waals surface area (Å²) < 4.78 is 0. The molecule has 0 fully saturated rings. The van der Waals surface area contributed by atoms with Gasteiger partial charge in [-0.25, -0.2) is 0 Å². The summed E-state index contributed by atoms with van der Waals surface area (Å²) in [4.78, 5) is 3.59. The van der Waals surface area contributed by atoms with E-state index in [0.29, 0.717) is 0 Å². The molecule has 0 saturated carbocycles. The van der Waals surface area contributed by atoms with Crippen LogP contribution in [0.4, 0.5) is 0 Å². The van der Waals surface area contributed by atoms with Crippen molar-refractivity contribution in [1.82, 2.24) is 4.98 Å². The highest BCUT2D eigenvalue weighted by atomic mass is 14.7. The van der Waals surface area contributed by atoms with Crippen LogP contribution in [0.25, 0.3) is 54.1 Å². The zero-order valence-corrected chi connectivity index (χ0v) is 11.3. The Morgan fingerprint density at radius 1 is 0.476 bits per heavy atom. The van der Waals surface area contributed by atoms with Gasteiger partial charge < -0.3 is 4.98 Å². The van der Waals surface area contributed by atoms with Crippen LogP contribution in [-0.4, -0.2) is 4.98 Å². The molecule has 96 valence electrons. The van der Waals surface area contributed by atoms with Gasteiger partial charge in [0.2, 0.25) is 0 Å². The summed E-state index contributed by atoms with van der Waals surface area (Å²) in [5, 5.41) is 11.0. The van der Waals surface area contributed by atoms with E-state index in [4.69, 9.17) is 0 Å². The zero-order chi connectivity index (χ0) is 13.6. The van der Waals surface area contributed by atoms with Crippen LogP contribution in [0.5, 0.6) is 0 Å². The second-order valence-corrected chi connectivity index (χ2v) is 5.91. The highest BCUT2D eigenvalue weighted by Crippen LogP contribution is 2.44. The Hall–Kier alpha value is -2.80. The van der Waals surface area contributed by atoms with Gasteiger partial charge in [-0.2, -0.15) is 0 Å². The van der Waals surface area contributed by atoms with E-state index in [1.807, 2.05) is 0 Å². The fourth-order valence-corrected chi connectivity index (χ4v) is 4.08. The molecule has 6 rings (SSSR count). The van der Waals surface area contributed by atoms with Crippen LogP contribution in [0, 0.1) is 0 Å². The molecular formula is C20H11N. The molecule has 0 radical (unpaired) electrons. The average molecular weight is 265 g/mol. The highest BCUT2D eigenvalue weighted by molar-refractivity contribution is 6.39. The lowest BCUT2D eigenvalue weighted by molar-refractivity contribution is 1.56. The lowest BCUT2D eigenvalue weighted by atomic mass is 9.90. The van der Waals surface area contributed by atoms with Crippen LogP contribution in [0.1, 0.15) is 0 Å². The third kappa shape index (κ3) is 0.995. The molecule has 0 saturated heterocycles. The van der Waals surface area contributed by atoms with Crippen LogP contribution in [0.3, 0.4) is 0 Å². The van der Waals surface area contributed by atoms with Crippen LogP contribution < -0.4 is 0 Å². The quantitative estimate of drug-likeness (QED) is 0.269. The van der Waals surface area contributed by atoms with Gasteiger partial charge in [0.05, 0.1) is 0 Å². The Bertz CT molecular complexity index is 1170. The Morgan fingerprint density at radius 3 is 1.52 bits per heavy atom. The van der Waals surface area contributed by atoms with Gasteiger partial charge in [-0.15, -0.1) is 0 Å². The van der Waals surface area contributed by atoms with E-state index in [1.54, 1.807) is 0 Å². The maximum atomic E-state index is 3.59. The van der Waals surface area contributed by atoms with E-state index >= 15 is 0 Å². The Labute approximate surface area is 120 Å². The van der Waals surface area contributed by atoms with Crippen LogP contribution in [0.15, 0.2) is 60.7 Å². The van der Waals surface area contributed by atoms with E-state index in [0.717, 1.165) is 0 Å². The number of benzene rings is 5. The monoisotopic (exact) mass is 265 g/mol. The number of hydrogen-bond acceptors (Lipinski definition) is 0. The van der Waals surface area contributed by atoms with Crippen LogP contribution in [-0.2, 0) is 0 Å². The fraction of sp³-hybridized carbons (Fsp3) is 0. The maximum absolute atomic E-state index is 3.59. The first kappa shape index (κ1) is 10.0. The van der Waals surface area contributed by atoms with Crippen molar-refractivity contribution in [3.8, 4) is 0 Å². The van der Waals surface area contributed by atoms with E-state index in [2.05, 4.69) is 65.6 Å². The van der Waals surface area contributed by atoms with Gasteiger partial charge >= 0.3 is 0 Å². The predicted molar refractivity (Wildman–Crippen MR) is 90.7 cm³/mol. The van der Waals surface area contributed by atoms with Crippen molar-refractivity contribution in [2.24, 2.45) is 0 Å². The van der Waals surface area contributed by atoms with Crippen molar-refractivity contribution >= 4 is 54.1 Å². The Kier molecular flexibility index (Phi) is 1.47. The van der Waals surface area contributed by atoms with Crippen LogP contribution >= 0.6 is 0 Å². The number of hydrogen-bond donors (Lipinski definition) is 1. The molecule has 0 aliphatic heterocycles. The summed E-state index contributed by atoms with van der Waals surface area (Å²) in [6.45, 7) is 0. The van der Waals surface area contributed by atoms with Crippen LogP contribution in [0.2, 0.25) is 0 Å². The van der Waals surface area contributed by atoms with Crippen molar-refractivity contribution in [3.05, 3.63) is 60.7 Å². The van der Waals surface area contributed by atoms with Crippen molar-refractivity contribution in [3.63, 3.8) is 0 Å². The molecule has 1 nitrogen and oxygen atoms in total. The third-order valence-corrected chi connectivity index (χ3v) is 4.90. The Balaban J connectivity index is 2.23. The number of fused-ring (bicyclic) bond motifs is 1. The zero-order valence-electron chi connectivity index (χ0n) is 11.3. The summed E-state index contributed by atoms with van der Waals surface area (Å²) in [5.74, 6) is 0. The van der Waals surface area contributed by atoms with Gasteiger partial charge in [0.25, 0.3) is 0 Å². The van der Waals surface area contributed by atoms with Gasteiger partial charge in [-0.1, -0.05) is 48.5 Å². The third-order valence-electron chi connectivity index (χ3n) is 4.90. The average Bonchev–Trinajstić information content (AvgIpc) is 2.93. The molecule has 0 unspecified atom stereocenters. The lowest BCUT2D eigenvalue weighted by Crippen LogP contribution is -1.85. The van der Waals surface area contributed by atoms with Crippen molar-refractivity contribution < 1.29 is 0 Å². The predicted octanol–water partition coefficient (Wildman–Crippen LogP) is 5.66. The van der Waals surface area contributed by atoms with Crippen molar-refractivity contribution in [2.75, 3.05) is 0 Å². The van der Waals surface area contributed by atoms with Crippen molar-refractivity contribution in [1.29, 1.82) is 0 Å². The minimum absolute atomic E-state index is 1.24. The molecule has 0 amide bonds. The van der Waals surface area contributed by atoms with Gasteiger partial charge in [0.15, 0.2) is 0 Å². The minimum atomic E-state index is 1.24. The molecule has 1 aromatic heterocycles. The molecule has 21 heavy (non-hydrogen) atoms. The minimum Gasteiger partial charge on any atom is -0.354 e. The number of aromatic nitrogens is 1. The van der Waals surface area contributed by atoms with Gasteiger partial charge in [0, 0.05) is 21.8 Å². The van der Waals surface area contributed by atoms with E-state index < -0.39 is 0 Å². The number of aromatic amines is 1. The van der Waals surface area contributed by atoms with Gasteiger partial charge in [0.1, 0.15) is 0 Å². The number of nitrogens with one attached hydrogen (secondary N) is 1. The number of rotatable bonds is 0. The topological polar surface area (TPSA) is 15.8 Å². The van der Waals surface area contributed by atoms with Crippen molar-refractivity contribution in [2.45, 2.75) is 0 Å². The van der Waals surface area contributed by atoms with E-state index in [1.165, 1.54) is 54.1 Å². The molecule has 0 spiro atoms. The summed E-state index contributed by atoms with van der Waals surface area (Å²) in [7, 11) is 0. The lowest BCUT2D eigenvalue weighted by Gasteiger charge is -2.12. The van der Waals surface area contributed by atoms with E-state index in [-0.39, 0.29) is 0 Å². The highest BCUT2D eigenvalue weighted by Gasteiger charge is 2.17. The second-order valence-electron chi connectivity index (χ2n) is 5.91. The molecular weight excluding hydrogens is 254 g/mol. The summed E-state index contributed by atoms with van der Waals surface area (Å²) in [5.41, 5.74) is 2.49. The standard InChI is InChI=1S/C20H11N/c1-3-11-7-9-15-19-17(11)13(5-1)14-6-2-4-12-8-10-16(21-15)20(19)18(12)14/h1-10,21H. The molecule has 0 aliphatic rings.